The Morgan fingerprint density at radius 3 is 2.73 bits per heavy atom. The molecule has 2 rings (SSSR count). The van der Waals surface area contributed by atoms with Gasteiger partial charge in [-0.3, -0.25) is 0 Å². The monoisotopic (exact) mass is 224 g/mol. The largest absolute Gasteiger partial charge is 0.367 e. The van der Waals surface area contributed by atoms with Gasteiger partial charge in [0.05, 0.1) is 5.02 Å². The van der Waals surface area contributed by atoms with Crippen LogP contribution in [0.4, 0.5) is 5.82 Å². The van der Waals surface area contributed by atoms with Gasteiger partial charge < -0.3 is 5.32 Å². The predicted octanol–water partition coefficient (Wildman–Crippen LogP) is 3.82. The lowest BCUT2D eigenvalue weighted by Crippen LogP contribution is -2.27. The van der Waals surface area contributed by atoms with E-state index in [0.29, 0.717) is 12.0 Å². The van der Waals surface area contributed by atoms with E-state index in [1.54, 1.807) is 6.20 Å². The molecule has 1 aliphatic rings. The summed E-state index contributed by atoms with van der Waals surface area (Å²) in [7, 11) is 0. The van der Waals surface area contributed by atoms with Crippen LogP contribution in [0, 0.1) is 0 Å². The second-order valence-electron chi connectivity index (χ2n) is 4.52. The average Bonchev–Trinajstić information content (AvgIpc) is 2.13. The first-order chi connectivity index (χ1) is 7.16. The Labute approximate surface area is 96.1 Å². The van der Waals surface area contributed by atoms with Crippen LogP contribution in [0.5, 0.6) is 0 Å². The van der Waals surface area contributed by atoms with Crippen molar-refractivity contribution in [1.29, 1.82) is 0 Å². The van der Waals surface area contributed by atoms with Crippen molar-refractivity contribution in [2.75, 3.05) is 5.32 Å². The molecule has 0 spiro atoms. The number of nitrogens with zero attached hydrogens (tertiary/aromatic N) is 1. The highest BCUT2D eigenvalue weighted by Crippen LogP contribution is 2.27. The molecular weight excluding hydrogens is 208 g/mol. The highest BCUT2D eigenvalue weighted by atomic mass is 35.5. The minimum atomic E-state index is 0.447. The number of anilines is 1. The number of halogens is 1. The molecular formula is C12H17ClN2. The maximum atomic E-state index is 6.09. The fourth-order valence-corrected chi connectivity index (χ4v) is 2.06. The third-order valence-electron chi connectivity index (χ3n) is 2.96. The van der Waals surface area contributed by atoms with Crippen LogP contribution in [0.15, 0.2) is 12.3 Å². The first kappa shape index (κ1) is 10.7. The van der Waals surface area contributed by atoms with Crippen molar-refractivity contribution < 1.29 is 0 Å². The van der Waals surface area contributed by atoms with Gasteiger partial charge >= 0.3 is 0 Å². The van der Waals surface area contributed by atoms with Gasteiger partial charge in [-0.25, -0.2) is 4.98 Å². The number of hydrogen-bond donors (Lipinski definition) is 1. The zero-order valence-corrected chi connectivity index (χ0v) is 10.0. The van der Waals surface area contributed by atoms with Crippen molar-refractivity contribution in [1.82, 2.24) is 4.98 Å². The molecule has 1 aromatic rings. The summed E-state index contributed by atoms with van der Waals surface area (Å²) in [5.74, 6) is 1.41. The molecule has 1 fully saturated rings. The number of aromatic nitrogens is 1. The molecule has 0 unspecified atom stereocenters. The Bertz CT molecular complexity index is 345. The summed E-state index contributed by atoms with van der Waals surface area (Å²) in [5.41, 5.74) is 1.17. The average molecular weight is 225 g/mol. The molecule has 0 amide bonds. The van der Waals surface area contributed by atoms with Gasteiger partial charge in [0.2, 0.25) is 0 Å². The summed E-state index contributed by atoms with van der Waals surface area (Å²) in [6.45, 7) is 4.29. The van der Waals surface area contributed by atoms with Gasteiger partial charge in [0, 0.05) is 12.2 Å². The molecule has 0 atom stereocenters. The molecule has 0 radical (unpaired) electrons. The highest BCUT2D eigenvalue weighted by Gasteiger charge is 2.17. The zero-order valence-electron chi connectivity index (χ0n) is 9.26. The van der Waals surface area contributed by atoms with E-state index in [-0.39, 0.29) is 0 Å². The molecule has 1 N–H and O–H groups in total. The Morgan fingerprint density at radius 2 is 2.20 bits per heavy atom. The summed E-state index contributed by atoms with van der Waals surface area (Å²) in [5, 5.41) is 4.20. The lowest BCUT2D eigenvalue weighted by molar-refractivity contribution is 0.444. The maximum Gasteiger partial charge on any atom is 0.126 e. The molecule has 2 nitrogen and oxygen atoms in total. The Kier molecular flexibility index (Phi) is 3.15. The van der Waals surface area contributed by atoms with Crippen LogP contribution in [0.3, 0.4) is 0 Å². The molecule has 1 aromatic heterocycles. The smallest absolute Gasteiger partial charge is 0.126 e. The van der Waals surface area contributed by atoms with E-state index in [0.717, 1.165) is 10.8 Å². The highest BCUT2D eigenvalue weighted by molar-refractivity contribution is 6.31. The van der Waals surface area contributed by atoms with Crippen LogP contribution in [0.1, 0.15) is 44.6 Å². The van der Waals surface area contributed by atoms with Crippen LogP contribution >= 0.6 is 11.6 Å². The van der Waals surface area contributed by atoms with Crippen LogP contribution in [-0.2, 0) is 0 Å². The number of nitrogens with one attached hydrogen (secondary N) is 1. The first-order valence-electron chi connectivity index (χ1n) is 5.59. The first-order valence-corrected chi connectivity index (χ1v) is 5.96. The molecule has 1 heterocycles. The van der Waals surface area contributed by atoms with Gasteiger partial charge in [0.15, 0.2) is 0 Å². The fourth-order valence-electron chi connectivity index (χ4n) is 1.74. The summed E-state index contributed by atoms with van der Waals surface area (Å²) in [4.78, 5) is 4.30. The number of rotatable bonds is 3. The molecule has 1 aliphatic carbocycles. The van der Waals surface area contributed by atoms with Gasteiger partial charge in [0.1, 0.15) is 5.82 Å². The molecule has 3 heteroatoms. The lowest BCUT2D eigenvalue weighted by atomic mass is 9.93. The van der Waals surface area contributed by atoms with Crippen molar-refractivity contribution in [3.05, 3.63) is 22.8 Å². The number of pyridine rings is 1. The van der Waals surface area contributed by atoms with Crippen molar-refractivity contribution in [3.8, 4) is 0 Å². The van der Waals surface area contributed by atoms with E-state index in [1.165, 1.54) is 24.8 Å². The van der Waals surface area contributed by atoms with E-state index in [4.69, 9.17) is 11.6 Å². The van der Waals surface area contributed by atoms with Crippen molar-refractivity contribution in [2.45, 2.75) is 45.1 Å². The summed E-state index contributed by atoms with van der Waals surface area (Å²) in [6.07, 6.45) is 5.61. The van der Waals surface area contributed by atoms with Crippen molar-refractivity contribution in [3.63, 3.8) is 0 Å². The van der Waals surface area contributed by atoms with E-state index < -0.39 is 0 Å². The summed E-state index contributed by atoms with van der Waals surface area (Å²) < 4.78 is 0. The second kappa shape index (κ2) is 4.40. The molecule has 0 bridgehead atoms. The minimum Gasteiger partial charge on any atom is -0.367 e. The lowest BCUT2D eigenvalue weighted by Gasteiger charge is -2.27. The summed E-state index contributed by atoms with van der Waals surface area (Å²) >= 11 is 6.09. The zero-order chi connectivity index (χ0) is 10.8. The van der Waals surface area contributed by atoms with Gasteiger partial charge in [-0.2, -0.15) is 0 Å². The Morgan fingerprint density at radius 1 is 1.47 bits per heavy atom. The van der Waals surface area contributed by atoms with E-state index in [2.05, 4.69) is 30.2 Å². The van der Waals surface area contributed by atoms with Gasteiger partial charge in [-0.1, -0.05) is 25.4 Å². The van der Waals surface area contributed by atoms with Gasteiger partial charge in [0.25, 0.3) is 0 Å². The molecule has 1 saturated carbocycles. The van der Waals surface area contributed by atoms with E-state index in [9.17, 15) is 0 Å². The Hall–Kier alpha value is -0.760. The minimum absolute atomic E-state index is 0.447. The van der Waals surface area contributed by atoms with Gasteiger partial charge in [-0.05, 0) is 36.8 Å². The molecule has 0 saturated heterocycles. The molecule has 0 aliphatic heterocycles. The normalized spacial score (nSPS) is 16.5. The van der Waals surface area contributed by atoms with Crippen LogP contribution in [0.2, 0.25) is 5.02 Å². The standard InChI is InChI=1S/C12H17ClN2/c1-8(2)10-6-12(14-7-11(10)13)15-9-4-3-5-9/h6-9H,3-5H2,1-2H3,(H,14,15). The third kappa shape index (κ3) is 2.43. The van der Waals surface area contributed by atoms with Gasteiger partial charge in [-0.15, -0.1) is 0 Å². The fraction of sp³-hybridized carbons (Fsp3) is 0.583. The second-order valence-corrected chi connectivity index (χ2v) is 4.93. The van der Waals surface area contributed by atoms with Crippen LogP contribution in [0.25, 0.3) is 0 Å². The molecule has 0 aromatic carbocycles. The van der Waals surface area contributed by atoms with Crippen molar-refractivity contribution in [2.24, 2.45) is 0 Å². The van der Waals surface area contributed by atoms with Crippen LogP contribution in [-0.4, -0.2) is 11.0 Å². The number of hydrogen-bond acceptors (Lipinski definition) is 2. The maximum absolute atomic E-state index is 6.09. The van der Waals surface area contributed by atoms with Crippen molar-refractivity contribution >= 4 is 17.4 Å². The van der Waals surface area contributed by atoms with E-state index >= 15 is 0 Å². The topological polar surface area (TPSA) is 24.9 Å². The molecule has 82 valence electrons. The Balaban J connectivity index is 2.14. The summed E-state index contributed by atoms with van der Waals surface area (Å²) in [6, 6.07) is 2.70. The predicted molar refractivity (Wildman–Crippen MR) is 64.6 cm³/mol. The van der Waals surface area contributed by atoms with E-state index in [1.807, 2.05) is 0 Å². The third-order valence-corrected chi connectivity index (χ3v) is 3.28. The van der Waals surface area contributed by atoms with Crippen LogP contribution < -0.4 is 5.32 Å². The SMILES string of the molecule is CC(C)c1cc(NC2CCC2)ncc1Cl. The molecule has 15 heavy (non-hydrogen) atoms. The quantitative estimate of drug-likeness (QED) is 0.844.